The van der Waals surface area contributed by atoms with E-state index in [-0.39, 0.29) is 5.91 Å². The van der Waals surface area contributed by atoms with Crippen molar-refractivity contribution in [1.29, 1.82) is 0 Å². The number of carbonyl (C=O) groups is 1. The molecule has 3 aromatic heterocycles. The quantitative estimate of drug-likeness (QED) is 0.781. The van der Waals surface area contributed by atoms with Crippen LogP contribution in [-0.4, -0.2) is 27.0 Å². The van der Waals surface area contributed by atoms with Gasteiger partial charge < -0.3 is 9.88 Å². The molecule has 114 valence electrons. The summed E-state index contributed by atoms with van der Waals surface area (Å²) >= 11 is 3.38. The lowest BCUT2D eigenvalue weighted by atomic mass is 10.3. The molecule has 0 saturated heterocycles. The van der Waals surface area contributed by atoms with Crippen LogP contribution in [0.4, 0.5) is 0 Å². The second-order valence-electron chi connectivity index (χ2n) is 4.89. The summed E-state index contributed by atoms with van der Waals surface area (Å²) in [6.45, 7) is 2.61. The topological polar surface area (TPSA) is 59.8 Å². The zero-order chi connectivity index (χ0) is 15.5. The Morgan fingerprint density at radius 3 is 2.95 bits per heavy atom. The number of aryl methyl sites for hydroxylation is 2. The van der Waals surface area contributed by atoms with Crippen LogP contribution in [0.5, 0.6) is 0 Å². The van der Waals surface area contributed by atoms with Crippen LogP contribution < -0.4 is 5.32 Å². The molecular weight excluding hydrogens is 316 g/mol. The molecule has 0 saturated carbocycles. The Morgan fingerprint density at radius 2 is 2.27 bits per heavy atom. The number of imidazole rings is 1. The number of nitrogens with zero attached hydrogens (tertiary/aromatic N) is 3. The maximum Gasteiger partial charge on any atom is 0.287 e. The largest absolute Gasteiger partial charge is 0.349 e. The van der Waals surface area contributed by atoms with Gasteiger partial charge >= 0.3 is 0 Å². The van der Waals surface area contributed by atoms with Gasteiger partial charge in [-0.25, -0.2) is 9.97 Å². The summed E-state index contributed by atoms with van der Waals surface area (Å²) < 4.78 is 1.71. The van der Waals surface area contributed by atoms with Gasteiger partial charge in [0.15, 0.2) is 5.82 Å². The third kappa shape index (κ3) is 3.26. The summed E-state index contributed by atoms with van der Waals surface area (Å²) in [7, 11) is 1.81. The van der Waals surface area contributed by atoms with Crippen molar-refractivity contribution in [2.75, 3.05) is 6.54 Å². The number of nitrogens with one attached hydrogen (secondary N) is 1. The predicted octanol–water partition coefficient (Wildman–Crippen LogP) is 2.89. The number of amides is 1. The van der Waals surface area contributed by atoms with E-state index in [2.05, 4.69) is 32.8 Å². The van der Waals surface area contributed by atoms with Gasteiger partial charge in [-0.3, -0.25) is 4.79 Å². The van der Waals surface area contributed by atoms with Gasteiger partial charge in [-0.2, -0.15) is 0 Å². The van der Waals surface area contributed by atoms with Gasteiger partial charge in [0.25, 0.3) is 5.91 Å². The van der Waals surface area contributed by atoms with E-state index in [1.807, 2.05) is 14.0 Å². The standard InChI is InChI=1S/C15H16N4OS2/c1-10-18-12(9-21-10)13-4-3-11(22-13)5-6-17-15(20)14-16-7-8-19(14)2/h3-4,7-9H,5-6H2,1-2H3,(H,17,20). The minimum atomic E-state index is -0.139. The number of thiazole rings is 1. The molecule has 0 radical (unpaired) electrons. The van der Waals surface area contributed by atoms with Crippen LogP contribution >= 0.6 is 22.7 Å². The predicted molar refractivity (Wildman–Crippen MR) is 89.4 cm³/mol. The Hall–Kier alpha value is -1.99. The van der Waals surface area contributed by atoms with Crippen molar-refractivity contribution in [3.05, 3.63) is 45.6 Å². The summed E-state index contributed by atoms with van der Waals surface area (Å²) in [5, 5.41) is 6.05. The third-order valence-electron chi connectivity index (χ3n) is 3.21. The molecule has 0 spiro atoms. The highest BCUT2D eigenvalue weighted by molar-refractivity contribution is 7.16. The van der Waals surface area contributed by atoms with E-state index < -0.39 is 0 Å². The first-order chi connectivity index (χ1) is 10.6. The molecule has 3 aromatic rings. The fourth-order valence-electron chi connectivity index (χ4n) is 2.09. The molecule has 3 rings (SSSR count). The third-order valence-corrected chi connectivity index (χ3v) is 5.16. The molecule has 22 heavy (non-hydrogen) atoms. The van der Waals surface area contributed by atoms with Crippen molar-refractivity contribution in [1.82, 2.24) is 19.9 Å². The number of hydrogen-bond acceptors (Lipinski definition) is 5. The fraction of sp³-hybridized carbons (Fsp3) is 0.267. The first kappa shape index (κ1) is 14.9. The van der Waals surface area contributed by atoms with Crippen LogP contribution in [0.3, 0.4) is 0 Å². The zero-order valence-corrected chi connectivity index (χ0v) is 14.0. The molecule has 0 aromatic carbocycles. The van der Waals surface area contributed by atoms with Gasteiger partial charge in [0.1, 0.15) is 0 Å². The van der Waals surface area contributed by atoms with Crippen molar-refractivity contribution in [3.63, 3.8) is 0 Å². The Labute approximate surface area is 136 Å². The molecule has 7 heteroatoms. The summed E-state index contributed by atoms with van der Waals surface area (Å²) in [4.78, 5) is 22.9. The first-order valence-corrected chi connectivity index (χ1v) is 8.60. The van der Waals surface area contributed by atoms with Crippen LogP contribution in [0.25, 0.3) is 10.6 Å². The Bertz CT molecular complexity index is 787. The molecular formula is C15H16N4OS2. The van der Waals surface area contributed by atoms with E-state index in [1.54, 1.807) is 39.6 Å². The van der Waals surface area contributed by atoms with Gasteiger partial charge in [0, 0.05) is 36.2 Å². The lowest BCUT2D eigenvalue weighted by Gasteiger charge is -2.03. The SMILES string of the molecule is Cc1nc(-c2ccc(CCNC(=O)c3nccn3C)s2)cs1. The minimum Gasteiger partial charge on any atom is -0.349 e. The van der Waals surface area contributed by atoms with E-state index in [4.69, 9.17) is 0 Å². The molecule has 1 N–H and O–H groups in total. The second kappa shape index (κ2) is 6.41. The summed E-state index contributed by atoms with van der Waals surface area (Å²) in [6.07, 6.45) is 4.19. The van der Waals surface area contributed by atoms with Crippen molar-refractivity contribution >= 4 is 28.6 Å². The molecule has 0 fully saturated rings. The van der Waals surface area contributed by atoms with Crippen LogP contribution in [0.2, 0.25) is 0 Å². The van der Waals surface area contributed by atoms with Crippen molar-refractivity contribution < 1.29 is 4.79 Å². The number of hydrogen-bond donors (Lipinski definition) is 1. The average Bonchev–Trinajstić information content (AvgIpc) is 3.19. The van der Waals surface area contributed by atoms with Gasteiger partial charge in [-0.1, -0.05) is 0 Å². The highest BCUT2D eigenvalue weighted by atomic mass is 32.1. The molecule has 0 unspecified atom stereocenters. The fourth-order valence-corrected chi connectivity index (χ4v) is 3.74. The van der Waals surface area contributed by atoms with Crippen molar-refractivity contribution in [2.45, 2.75) is 13.3 Å². The normalized spacial score (nSPS) is 10.8. The van der Waals surface area contributed by atoms with Gasteiger partial charge in [0.05, 0.1) is 15.6 Å². The maximum atomic E-state index is 11.9. The highest BCUT2D eigenvalue weighted by Gasteiger charge is 2.10. The zero-order valence-electron chi connectivity index (χ0n) is 12.4. The Kier molecular flexibility index (Phi) is 4.35. The maximum absolute atomic E-state index is 11.9. The average molecular weight is 332 g/mol. The van der Waals surface area contributed by atoms with E-state index in [0.29, 0.717) is 12.4 Å². The molecule has 0 aliphatic heterocycles. The molecule has 0 aliphatic rings. The lowest BCUT2D eigenvalue weighted by Crippen LogP contribution is -2.27. The second-order valence-corrected chi connectivity index (χ2v) is 7.12. The summed E-state index contributed by atoms with van der Waals surface area (Å²) in [5.74, 6) is 0.296. The van der Waals surface area contributed by atoms with Crippen molar-refractivity contribution in [2.24, 2.45) is 7.05 Å². The van der Waals surface area contributed by atoms with E-state index in [1.165, 1.54) is 9.75 Å². The van der Waals surface area contributed by atoms with E-state index in [9.17, 15) is 4.79 Å². The summed E-state index contributed by atoms with van der Waals surface area (Å²) in [6, 6.07) is 4.19. The number of carbonyl (C=O) groups excluding carboxylic acids is 1. The van der Waals surface area contributed by atoms with Crippen LogP contribution in [0.15, 0.2) is 29.9 Å². The Balaban J connectivity index is 1.55. The van der Waals surface area contributed by atoms with Crippen LogP contribution in [-0.2, 0) is 13.5 Å². The van der Waals surface area contributed by atoms with Gasteiger partial charge in [-0.05, 0) is 25.5 Å². The Morgan fingerprint density at radius 1 is 1.41 bits per heavy atom. The molecule has 0 aliphatic carbocycles. The molecule has 0 bridgehead atoms. The minimum absolute atomic E-state index is 0.139. The number of rotatable bonds is 5. The van der Waals surface area contributed by atoms with E-state index >= 15 is 0 Å². The first-order valence-electron chi connectivity index (χ1n) is 6.90. The molecule has 1 amide bonds. The van der Waals surface area contributed by atoms with Gasteiger partial charge in [-0.15, -0.1) is 22.7 Å². The summed E-state index contributed by atoms with van der Waals surface area (Å²) in [5.41, 5.74) is 1.04. The smallest absolute Gasteiger partial charge is 0.287 e. The molecule has 3 heterocycles. The van der Waals surface area contributed by atoms with E-state index in [0.717, 1.165) is 17.1 Å². The van der Waals surface area contributed by atoms with Crippen LogP contribution in [0, 0.1) is 6.92 Å². The van der Waals surface area contributed by atoms with Gasteiger partial charge in [0.2, 0.25) is 0 Å². The highest BCUT2D eigenvalue weighted by Crippen LogP contribution is 2.29. The lowest BCUT2D eigenvalue weighted by molar-refractivity contribution is 0.0941. The number of aromatic nitrogens is 3. The van der Waals surface area contributed by atoms with Crippen LogP contribution in [0.1, 0.15) is 20.5 Å². The molecule has 0 atom stereocenters. The monoisotopic (exact) mass is 332 g/mol. The van der Waals surface area contributed by atoms with Crippen molar-refractivity contribution in [3.8, 4) is 10.6 Å². The number of thiophene rings is 1. The molecule has 5 nitrogen and oxygen atoms in total.